The van der Waals surface area contributed by atoms with Gasteiger partial charge in [0.15, 0.2) is 5.43 Å². The molecule has 1 saturated heterocycles. The first-order valence-corrected chi connectivity index (χ1v) is 5.77. The predicted molar refractivity (Wildman–Crippen MR) is 65.0 cm³/mol. The molecule has 6 nitrogen and oxygen atoms in total. The van der Waals surface area contributed by atoms with Gasteiger partial charge in [-0.05, 0) is 13.3 Å². The number of aromatic nitrogens is 1. The molecule has 2 heterocycles. The van der Waals surface area contributed by atoms with Crippen LogP contribution in [0, 0.1) is 12.8 Å². The molecule has 0 bridgehead atoms. The lowest BCUT2D eigenvalue weighted by Gasteiger charge is -2.15. The lowest BCUT2D eigenvalue weighted by Crippen LogP contribution is -2.34. The van der Waals surface area contributed by atoms with Crippen molar-refractivity contribution in [2.75, 3.05) is 13.1 Å². The topological polar surface area (TPSA) is 96.3 Å². The Morgan fingerprint density at radius 1 is 1.50 bits per heavy atom. The van der Waals surface area contributed by atoms with Gasteiger partial charge in [0.2, 0.25) is 5.91 Å². The number of hydrogen-bond acceptors (Lipinski definition) is 3. The van der Waals surface area contributed by atoms with E-state index in [9.17, 15) is 14.4 Å². The summed E-state index contributed by atoms with van der Waals surface area (Å²) in [5.74, 6) is -1.05. The first-order chi connectivity index (χ1) is 8.49. The van der Waals surface area contributed by atoms with Gasteiger partial charge in [-0.1, -0.05) is 0 Å². The van der Waals surface area contributed by atoms with Crippen molar-refractivity contribution in [2.45, 2.75) is 13.3 Å². The number of nitrogens with one attached hydrogen (secondary N) is 1. The summed E-state index contributed by atoms with van der Waals surface area (Å²) in [5, 5.41) is 0. The zero-order valence-corrected chi connectivity index (χ0v) is 10.1. The van der Waals surface area contributed by atoms with Crippen molar-refractivity contribution in [3.63, 3.8) is 0 Å². The number of nitrogens with zero attached hydrogens (tertiary/aromatic N) is 1. The maximum atomic E-state index is 12.1. The number of H-pyrrole nitrogens is 1. The third kappa shape index (κ3) is 2.27. The minimum atomic E-state index is -0.400. The second-order valence-electron chi connectivity index (χ2n) is 4.53. The molecule has 3 N–H and O–H groups in total. The van der Waals surface area contributed by atoms with Gasteiger partial charge < -0.3 is 15.6 Å². The van der Waals surface area contributed by atoms with Crippen molar-refractivity contribution in [1.82, 2.24) is 9.88 Å². The Labute approximate surface area is 104 Å². The second-order valence-corrected chi connectivity index (χ2v) is 4.53. The number of primary amides is 1. The van der Waals surface area contributed by atoms with Crippen LogP contribution < -0.4 is 11.2 Å². The van der Waals surface area contributed by atoms with Crippen molar-refractivity contribution in [3.05, 3.63) is 33.7 Å². The molecule has 0 saturated carbocycles. The van der Waals surface area contributed by atoms with Crippen LogP contribution in [0.5, 0.6) is 0 Å². The maximum Gasteiger partial charge on any atom is 0.259 e. The molecule has 1 aliphatic rings. The zero-order valence-electron chi connectivity index (χ0n) is 10.1. The number of carbonyl (C=O) groups excluding carboxylic acids is 2. The zero-order chi connectivity index (χ0) is 13.3. The summed E-state index contributed by atoms with van der Waals surface area (Å²) in [6.45, 7) is 2.50. The van der Waals surface area contributed by atoms with E-state index in [0.29, 0.717) is 25.2 Å². The van der Waals surface area contributed by atoms with Crippen LogP contribution in [0.2, 0.25) is 0 Å². The average Bonchev–Trinajstić information content (AvgIpc) is 2.77. The fourth-order valence-electron chi connectivity index (χ4n) is 2.09. The fourth-order valence-corrected chi connectivity index (χ4v) is 2.09. The number of hydrogen-bond donors (Lipinski definition) is 2. The highest BCUT2D eigenvalue weighted by Gasteiger charge is 2.30. The van der Waals surface area contributed by atoms with Gasteiger partial charge in [-0.25, -0.2) is 0 Å². The van der Waals surface area contributed by atoms with Crippen molar-refractivity contribution in [1.29, 1.82) is 0 Å². The van der Waals surface area contributed by atoms with Crippen LogP contribution in [0.3, 0.4) is 0 Å². The van der Waals surface area contributed by atoms with Crippen LogP contribution in [0.1, 0.15) is 22.5 Å². The summed E-state index contributed by atoms with van der Waals surface area (Å²) in [4.78, 5) is 39.2. The highest BCUT2D eigenvalue weighted by Crippen LogP contribution is 2.17. The van der Waals surface area contributed by atoms with Gasteiger partial charge in [0.05, 0.1) is 5.92 Å². The van der Waals surface area contributed by atoms with Crippen LogP contribution >= 0.6 is 0 Å². The summed E-state index contributed by atoms with van der Waals surface area (Å²) in [7, 11) is 0. The molecule has 6 heteroatoms. The molecule has 1 unspecified atom stereocenters. The first-order valence-electron chi connectivity index (χ1n) is 5.77. The molecule has 1 atom stereocenters. The molecule has 1 aliphatic heterocycles. The molecule has 96 valence electrons. The van der Waals surface area contributed by atoms with E-state index >= 15 is 0 Å². The summed E-state index contributed by atoms with van der Waals surface area (Å²) >= 11 is 0. The van der Waals surface area contributed by atoms with Gasteiger partial charge in [-0.15, -0.1) is 0 Å². The summed E-state index contributed by atoms with van der Waals surface area (Å²) in [5.41, 5.74) is 5.70. The van der Waals surface area contributed by atoms with Crippen molar-refractivity contribution < 1.29 is 9.59 Å². The second kappa shape index (κ2) is 4.64. The molecule has 0 aliphatic carbocycles. The molecule has 1 aromatic heterocycles. The Bertz CT molecular complexity index is 550. The monoisotopic (exact) mass is 249 g/mol. The van der Waals surface area contributed by atoms with Gasteiger partial charge in [-0.2, -0.15) is 0 Å². The van der Waals surface area contributed by atoms with Crippen LogP contribution in [0.25, 0.3) is 0 Å². The van der Waals surface area contributed by atoms with Crippen LogP contribution in [-0.4, -0.2) is 34.8 Å². The van der Waals surface area contributed by atoms with Crippen molar-refractivity contribution >= 4 is 11.8 Å². The van der Waals surface area contributed by atoms with Gasteiger partial charge in [-0.3, -0.25) is 14.4 Å². The molecule has 0 aromatic carbocycles. The lowest BCUT2D eigenvalue weighted by atomic mass is 10.1. The highest BCUT2D eigenvalue weighted by atomic mass is 16.2. The molecule has 1 aromatic rings. The largest absolute Gasteiger partial charge is 0.369 e. The minimum absolute atomic E-state index is 0.103. The number of aromatic amines is 1. The fraction of sp³-hybridized carbons (Fsp3) is 0.417. The molecule has 0 spiro atoms. The minimum Gasteiger partial charge on any atom is -0.369 e. The summed E-state index contributed by atoms with van der Waals surface area (Å²) in [6.07, 6.45) is 1.97. The van der Waals surface area contributed by atoms with Crippen molar-refractivity contribution in [2.24, 2.45) is 11.7 Å². The third-order valence-electron chi connectivity index (χ3n) is 3.17. The van der Waals surface area contributed by atoms with Crippen LogP contribution in [0.15, 0.2) is 17.1 Å². The van der Waals surface area contributed by atoms with Crippen LogP contribution in [0.4, 0.5) is 0 Å². The first kappa shape index (κ1) is 12.3. The van der Waals surface area contributed by atoms with E-state index < -0.39 is 5.91 Å². The number of aryl methyl sites for hydroxylation is 1. The van der Waals surface area contributed by atoms with Gasteiger partial charge in [0.25, 0.3) is 5.91 Å². The van der Waals surface area contributed by atoms with E-state index in [1.54, 1.807) is 6.92 Å². The number of likely N-dealkylation sites (tertiary alicyclic amines) is 1. The van der Waals surface area contributed by atoms with Gasteiger partial charge in [0, 0.05) is 31.0 Å². The van der Waals surface area contributed by atoms with Crippen molar-refractivity contribution in [3.8, 4) is 0 Å². The van der Waals surface area contributed by atoms with Gasteiger partial charge in [0.1, 0.15) is 5.56 Å². The smallest absolute Gasteiger partial charge is 0.259 e. The Kier molecular flexibility index (Phi) is 3.18. The van der Waals surface area contributed by atoms with Gasteiger partial charge >= 0.3 is 0 Å². The quantitative estimate of drug-likeness (QED) is 0.748. The number of amides is 2. The standard InChI is InChI=1S/C12H15N3O3/c1-7-4-10(16)9(5-14-7)12(18)15-3-2-8(6-15)11(13)17/h4-5,8H,2-3,6H2,1H3,(H2,13,17)(H,14,16). The third-order valence-corrected chi connectivity index (χ3v) is 3.17. The van der Waals surface area contributed by atoms with E-state index in [4.69, 9.17) is 5.73 Å². The SMILES string of the molecule is Cc1cc(=O)c(C(=O)N2CCC(C(N)=O)C2)c[nH]1. The van der Waals surface area contributed by atoms with E-state index in [1.165, 1.54) is 17.2 Å². The van der Waals surface area contributed by atoms with E-state index in [-0.39, 0.29) is 22.8 Å². The maximum absolute atomic E-state index is 12.1. The number of carbonyl (C=O) groups is 2. The molecular weight excluding hydrogens is 234 g/mol. The van der Waals surface area contributed by atoms with E-state index in [1.807, 2.05) is 0 Å². The Morgan fingerprint density at radius 3 is 2.78 bits per heavy atom. The Morgan fingerprint density at radius 2 is 2.22 bits per heavy atom. The number of pyridine rings is 1. The van der Waals surface area contributed by atoms with Crippen LogP contribution in [-0.2, 0) is 4.79 Å². The number of nitrogens with two attached hydrogens (primary N) is 1. The molecular formula is C12H15N3O3. The Balaban J connectivity index is 2.18. The molecule has 2 rings (SSSR count). The lowest BCUT2D eigenvalue weighted by molar-refractivity contribution is -0.121. The summed E-state index contributed by atoms with van der Waals surface area (Å²) < 4.78 is 0. The number of rotatable bonds is 2. The molecule has 18 heavy (non-hydrogen) atoms. The molecule has 0 radical (unpaired) electrons. The van der Waals surface area contributed by atoms with E-state index in [0.717, 1.165) is 0 Å². The molecule has 1 fully saturated rings. The normalized spacial score (nSPS) is 18.9. The average molecular weight is 249 g/mol. The summed E-state index contributed by atoms with van der Waals surface area (Å²) in [6, 6.07) is 1.38. The van der Waals surface area contributed by atoms with E-state index in [2.05, 4.69) is 4.98 Å². The Hall–Kier alpha value is -2.11. The molecule has 2 amide bonds. The predicted octanol–water partition coefficient (Wildman–Crippen LogP) is -0.369. The highest BCUT2D eigenvalue weighted by molar-refractivity contribution is 5.94.